The minimum atomic E-state index is -0.109. The third-order valence-corrected chi connectivity index (χ3v) is 4.12. The number of fused-ring (bicyclic) bond motifs is 1. The first-order valence-electron chi connectivity index (χ1n) is 7.83. The van der Waals surface area contributed by atoms with Crippen LogP contribution in [0.25, 0.3) is 0 Å². The maximum absolute atomic E-state index is 12.1. The van der Waals surface area contributed by atoms with E-state index >= 15 is 0 Å². The molecule has 1 aliphatic carbocycles. The summed E-state index contributed by atoms with van der Waals surface area (Å²) in [6, 6.07) is 13.9. The Kier molecular flexibility index (Phi) is 4.42. The molecule has 1 aliphatic rings. The lowest BCUT2D eigenvalue weighted by Gasteiger charge is -2.19. The quantitative estimate of drug-likeness (QED) is 0.929. The molecule has 1 amide bonds. The highest BCUT2D eigenvalue weighted by Crippen LogP contribution is 2.27. The zero-order valence-corrected chi connectivity index (χ0v) is 12.9. The van der Waals surface area contributed by atoms with Crippen molar-refractivity contribution in [2.45, 2.75) is 32.6 Å². The molecular weight excluding hydrogens is 274 g/mol. The molecule has 0 radical (unpaired) electrons. The van der Waals surface area contributed by atoms with Gasteiger partial charge in [0.25, 0.3) is 5.91 Å². The molecule has 3 rings (SSSR count). The van der Waals surface area contributed by atoms with E-state index in [1.54, 1.807) is 0 Å². The molecule has 0 heterocycles. The largest absolute Gasteiger partial charge is 0.483 e. The molecule has 0 bridgehead atoms. The first kappa shape index (κ1) is 14.6. The van der Waals surface area contributed by atoms with Gasteiger partial charge in [-0.3, -0.25) is 4.79 Å². The summed E-state index contributed by atoms with van der Waals surface area (Å²) in [4.78, 5) is 12.1. The number of hydrogen-bond acceptors (Lipinski definition) is 2. The van der Waals surface area contributed by atoms with Crippen molar-refractivity contribution in [2.75, 3.05) is 11.9 Å². The summed E-state index contributed by atoms with van der Waals surface area (Å²) < 4.78 is 5.60. The van der Waals surface area contributed by atoms with Crippen LogP contribution >= 0.6 is 0 Å². The number of hydrogen-bond donors (Lipinski definition) is 1. The van der Waals surface area contributed by atoms with Crippen LogP contribution in [0.5, 0.6) is 5.75 Å². The third kappa shape index (κ3) is 3.30. The first-order chi connectivity index (χ1) is 10.7. The predicted molar refractivity (Wildman–Crippen MR) is 88.4 cm³/mol. The molecule has 22 heavy (non-hydrogen) atoms. The monoisotopic (exact) mass is 295 g/mol. The number of anilines is 1. The Labute approximate surface area is 131 Å². The van der Waals surface area contributed by atoms with Gasteiger partial charge in [0.2, 0.25) is 0 Å². The molecule has 0 aromatic heterocycles. The highest BCUT2D eigenvalue weighted by Gasteiger charge is 2.14. The summed E-state index contributed by atoms with van der Waals surface area (Å²) in [5, 5.41) is 3.00. The summed E-state index contributed by atoms with van der Waals surface area (Å²) in [6.07, 6.45) is 4.59. The Hall–Kier alpha value is -2.29. The average Bonchev–Trinajstić information content (AvgIpc) is 2.54. The minimum Gasteiger partial charge on any atom is -0.483 e. The lowest BCUT2D eigenvalue weighted by atomic mass is 9.90. The van der Waals surface area contributed by atoms with Gasteiger partial charge >= 0.3 is 0 Å². The van der Waals surface area contributed by atoms with Gasteiger partial charge in [-0.1, -0.05) is 30.3 Å². The SMILES string of the molecule is Cc1ccccc1OCC(=O)Nc1cccc2c1CCCC2. The normalized spacial score (nSPS) is 13.3. The van der Waals surface area contributed by atoms with E-state index in [0.29, 0.717) is 0 Å². The fourth-order valence-electron chi connectivity index (χ4n) is 2.95. The van der Waals surface area contributed by atoms with Gasteiger partial charge in [0.15, 0.2) is 6.61 Å². The topological polar surface area (TPSA) is 38.3 Å². The lowest BCUT2D eigenvalue weighted by Crippen LogP contribution is -2.22. The molecular formula is C19H21NO2. The van der Waals surface area contributed by atoms with Gasteiger partial charge in [-0.2, -0.15) is 0 Å². The lowest BCUT2D eigenvalue weighted by molar-refractivity contribution is -0.118. The van der Waals surface area contributed by atoms with Gasteiger partial charge in [0.1, 0.15) is 5.75 Å². The average molecular weight is 295 g/mol. The van der Waals surface area contributed by atoms with E-state index in [-0.39, 0.29) is 12.5 Å². The Bertz CT molecular complexity index is 679. The molecule has 114 valence electrons. The molecule has 0 saturated heterocycles. The van der Waals surface area contributed by atoms with Crippen LogP contribution in [0.2, 0.25) is 0 Å². The van der Waals surface area contributed by atoms with Crippen LogP contribution in [-0.2, 0) is 17.6 Å². The molecule has 3 nitrogen and oxygen atoms in total. The Morgan fingerprint density at radius 2 is 1.91 bits per heavy atom. The molecule has 0 unspecified atom stereocenters. The zero-order valence-electron chi connectivity index (χ0n) is 12.9. The Balaban J connectivity index is 1.64. The Morgan fingerprint density at radius 1 is 1.09 bits per heavy atom. The summed E-state index contributed by atoms with van der Waals surface area (Å²) in [7, 11) is 0. The molecule has 1 N–H and O–H groups in total. The predicted octanol–water partition coefficient (Wildman–Crippen LogP) is 3.89. The van der Waals surface area contributed by atoms with Crippen molar-refractivity contribution in [1.29, 1.82) is 0 Å². The van der Waals surface area contributed by atoms with Gasteiger partial charge in [-0.05, 0) is 61.4 Å². The van der Waals surface area contributed by atoms with Gasteiger partial charge in [-0.15, -0.1) is 0 Å². The van der Waals surface area contributed by atoms with E-state index in [1.165, 1.54) is 24.0 Å². The van der Waals surface area contributed by atoms with Gasteiger partial charge in [0.05, 0.1) is 0 Å². The number of aryl methyl sites for hydroxylation is 2. The molecule has 0 atom stereocenters. The highest BCUT2D eigenvalue weighted by molar-refractivity contribution is 5.92. The van der Waals surface area contributed by atoms with Crippen molar-refractivity contribution < 1.29 is 9.53 Å². The van der Waals surface area contributed by atoms with E-state index in [0.717, 1.165) is 29.8 Å². The van der Waals surface area contributed by atoms with E-state index < -0.39 is 0 Å². The number of nitrogens with one attached hydrogen (secondary N) is 1. The number of carbonyl (C=O) groups excluding carboxylic acids is 1. The number of amides is 1. The summed E-state index contributed by atoms with van der Waals surface area (Å²) in [5.74, 6) is 0.648. The van der Waals surface area contributed by atoms with E-state index in [2.05, 4.69) is 11.4 Å². The van der Waals surface area contributed by atoms with Gasteiger partial charge in [-0.25, -0.2) is 0 Å². The number of para-hydroxylation sites is 1. The maximum Gasteiger partial charge on any atom is 0.262 e. The molecule has 3 heteroatoms. The van der Waals surface area contributed by atoms with Crippen molar-refractivity contribution in [3.8, 4) is 5.75 Å². The fourth-order valence-corrected chi connectivity index (χ4v) is 2.95. The molecule has 0 fully saturated rings. The summed E-state index contributed by atoms with van der Waals surface area (Å²) >= 11 is 0. The Morgan fingerprint density at radius 3 is 2.77 bits per heavy atom. The van der Waals surface area contributed by atoms with Crippen LogP contribution in [0, 0.1) is 6.92 Å². The van der Waals surface area contributed by atoms with E-state index in [1.807, 2.05) is 43.3 Å². The van der Waals surface area contributed by atoms with Crippen molar-refractivity contribution in [1.82, 2.24) is 0 Å². The number of ether oxygens (including phenoxy) is 1. The minimum absolute atomic E-state index is 0.0362. The van der Waals surface area contributed by atoms with E-state index in [4.69, 9.17) is 4.74 Å². The van der Waals surface area contributed by atoms with Crippen LogP contribution in [0.1, 0.15) is 29.5 Å². The van der Waals surface area contributed by atoms with Crippen molar-refractivity contribution in [3.63, 3.8) is 0 Å². The number of carbonyl (C=O) groups is 1. The smallest absolute Gasteiger partial charge is 0.262 e. The standard InChI is InChI=1S/C19H21NO2/c1-14-7-2-5-12-18(14)22-13-19(21)20-17-11-6-9-15-8-3-4-10-16(15)17/h2,5-7,9,11-12H,3-4,8,10,13H2,1H3,(H,20,21). The molecule has 2 aromatic carbocycles. The van der Waals surface area contributed by atoms with E-state index in [9.17, 15) is 4.79 Å². The second-order valence-electron chi connectivity index (χ2n) is 5.75. The fraction of sp³-hybridized carbons (Fsp3) is 0.316. The van der Waals surface area contributed by atoms with Crippen LogP contribution in [0.4, 0.5) is 5.69 Å². The van der Waals surface area contributed by atoms with Crippen LogP contribution in [-0.4, -0.2) is 12.5 Å². The van der Waals surface area contributed by atoms with Crippen LogP contribution in [0.3, 0.4) is 0 Å². The van der Waals surface area contributed by atoms with Crippen LogP contribution in [0.15, 0.2) is 42.5 Å². The van der Waals surface area contributed by atoms with Crippen molar-refractivity contribution in [3.05, 3.63) is 59.2 Å². The van der Waals surface area contributed by atoms with Gasteiger partial charge < -0.3 is 10.1 Å². The first-order valence-corrected chi connectivity index (χ1v) is 7.83. The van der Waals surface area contributed by atoms with Gasteiger partial charge in [0, 0.05) is 5.69 Å². The molecule has 0 saturated carbocycles. The summed E-state index contributed by atoms with van der Waals surface area (Å²) in [5.41, 5.74) is 4.63. The second-order valence-corrected chi connectivity index (χ2v) is 5.75. The zero-order chi connectivity index (χ0) is 15.4. The van der Waals surface area contributed by atoms with Crippen molar-refractivity contribution in [2.24, 2.45) is 0 Å². The summed E-state index contributed by atoms with van der Waals surface area (Å²) in [6.45, 7) is 2.01. The molecule has 0 aliphatic heterocycles. The highest BCUT2D eigenvalue weighted by atomic mass is 16.5. The maximum atomic E-state index is 12.1. The number of benzene rings is 2. The third-order valence-electron chi connectivity index (χ3n) is 4.12. The van der Waals surface area contributed by atoms with Crippen molar-refractivity contribution >= 4 is 11.6 Å². The second kappa shape index (κ2) is 6.65. The van der Waals surface area contributed by atoms with Crippen LogP contribution < -0.4 is 10.1 Å². The number of rotatable bonds is 4. The molecule has 0 spiro atoms. The molecule has 2 aromatic rings.